The van der Waals surface area contributed by atoms with E-state index in [0.29, 0.717) is 11.9 Å². The number of hydrogen-bond donors (Lipinski definition) is 1. The Morgan fingerprint density at radius 1 is 1.29 bits per heavy atom. The molecule has 1 aliphatic carbocycles. The minimum Gasteiger partial charge on any atom is -0.392 e. The number of hydrogen-bond acceptors (Lipinski definition) is 3. The van der Waals surface area contributed by atoms with Gasteiger partial charge in [0.2, 0.25) is 10.0 Å². The van der Waals surface area contributed by atoms with Crippen LogP contribution in [-0.4, -0.2) is 22.2 Å². The van der Waals surface area contributed by atoms with Crippen LogP contribution in [0, 0.1) is 0 Å². The van der Waals surface area contributed by atoms with Gasteiger partial charge >= 0.3 is 0 Å². The molecule has 1 atom stereocenters. The summed E-state index contributed by atoms with van der Waals surface area (Å²) >= 11 is 0. The van der Waals surface area contributed by atoms with Crippen molar-refractivity contribution >= 4 is 20.9 Å². The second-order valence-corrected chi connectivity index (χ2v) is 7.70. The number of allylic oxidation sites excluding steroid dienone is 3. The predicted molar refractivity (Wildman–Crippen MR) is 83.5 cm³/mol. The molecule has 5 heteroatoms. The van der Waals surface area contributed by atoms with Crippen molar-refractivity contribution in [1.82, 2.24) is 3.97 Å². The molecule has 0 aliphatic heterocycles. The van der Waals surface area contributed by atoms with Crippen LogP contribution in [0.5, 0.6) is 0 Å². The van der Waals surface area contributed by atoms with Gasteiger partial charge in [-0.1, -0.05) is 36.4 Å². The van der Waals surface area contributed by atoms with Crippen molar-refractivity contribution in [2.24, 2.45) is 0 Å². The normalized spacial score (nSPS) is 22.0. The van der Waals surface area contributed by atoms with Gasteiger partial charge in [-0.2, -0.15) is 0 Å². The van der Waals surface area contributed by atoms with E-state index in [4.69, 9.17) is 0 Å². The fraction of sp³-hybridized carbons (Fsp3) is 0.250. The number of fused-ring (bicyclic) bond motifs is 1. The lowest BCUT2D eigenvalue weighted by atomic mass is 10.0. The zero-order chi connectivity index (χ0) is 15.1. The molecule has 0 bridgehead atoms. The zero-order valence-corrected chi connectivity index (χ0v) is 12.5. The molecule has 3 rings (SSSR count). The van der Waals surface area contributed by atoms with Gasteiger partial charge in [0, 0.05) is 11.6 Å². The van der Waals surface area contributed by atoms with Crippen LogP contribution >= 0.6 is 0 Å². The maximum absolute atomic E-state index is 13.0. The third-order valence-electron chi connectivity index (χ3n) is 4.03. The largest absolute Gasteiger partial charge is 0.392 e. The summed E-state index contributed by atoms with van der Waals surface area (Å²) in [6.45, 7) is 1.62. The zero-order valence-electron chi connectivity index (χ0n) is 11.7. The fourth-order valence-corrected chi connectivity index (χ4v) is 4.32. The first-order valence-electron chi connectivity index (χ1n) is 6.79. The topological polar surface area (TPSA) is 59.3 Å². The predicted octanol–water partition coefficient (Wildman–Crippen LogP) is 2.59. The Bertz CT molecular complexity index is 846. The first-order valence-corrected chi connectivity index (χ1v) is 8.23. The Morgan fingerprint density at radius 2 is 2.10 bits per heavy atom. The molecule has 0 amide bonds. The Balaban J connectivity index is 2.21. The van der Waals surface area contributed by atoms with Crippen LogP contribution in [0.4, 0.5) is 0 Å². The van der Waals surface area contributed by atoms with Crippen molar-refractivity contribution in [2.45, 2.75) is 24.7 Å². The molecule has 110 valence electrons. The van der Waals surface area contributed by atoms with E-state index in [-0.39, 0.29) is 6.61 Å². The van der Waals surface area contributed by atoms with Crippen LogP contribution in [0.15, 0.2) is 54.8 Å². The van der Waals surface area contributed by atoms with Gasteiger partial charge in [-0.3, -0.25) is 0 Å². The summed E-state index contributed by atoms with van der Waals surface area (Å²) in [6.07, 6.45) is 9.23. The van der Waals surface area contributed by atoms with Crippen molar-refractivity contribution in [1.29, 1.82) is 0 Å². The number of aliphatic hydroxyl groups is 1. The van der Waals surface area contributed by atoms with Crippen LogP contribution in [0.1, 0.15) is 18.9 Å². The van der Waals surface area contributed by atoms with E-state index in [2.05, 4.69) is 0 Å². The van der Waals surface area contributed by atoms with E-state index in [0.717, 1.165) is 10.9 Å². The third-order valence-corrected chi connectivity index (χ3v) is 6.34. The van der Waals surface area contributed by atoms with Crippen LogP contribution < -0.4 is 0 Å². The molecule has 1 aromatic carbocycles. The van der Waals surface area contributed by atoms with Gasteiger partial charge in [0.15, 0.2) is 0 Å². The van der Waals surface area contributed by atoms with Crippen LogP contribution in [0.25, 0.3) is 10.9 Å². The van der Waals surface area contributed by atoms with Gasteiger partial charge in [0.05, 0.1) is 12.1 Å². The summed E-state index contributed by atoms with van der Waals surface area (Å²) < 4.78 is 26.4. The lowest BCUT2D eigenvalue weighted by Crippen LogP contribution is -2.37. The van der Waals surface area contributed by atoms with Crippen molar-refractivity contribution in [3.63, 3.8) is 0 Å². The minimum absolute atomic E-state index is 0.110. The van der Waals surface area contributed by atoms with E-state index in [9.17, 15) is 13.5 Å². The molecule has 0 fully saturated rings. The maximum atomic E-state index is 13.0. The Hall–Kier alpha value is -1.85. The molecular weight excluding hydrogens is 286 g/mol. The average molecular weight is 303 g/mol. The molecule has 0 spiro atoms. The quantitative estimate of drug-likeness (QED) is 0.948. The summed E-state index contributed by atoms with van der Waals surface area (Å²) in [4.78, 5) is 0. The van der Waals surface area contributed by atoms with Crippen molar-refractivity contribution in [3.8, 4) is 0 Å². The standard InChI is InChI=1S/C16H17NO3S/c1-16(9-3-2-4-10-16)21(19,20)17-11-8-14-13(12-18)6-5-7-15(14)17/h2-9,11,18H,10,12H2,1H3. The maximum Gasteiger partial charge on any atom is 0.248 e. The molecule has 0 saturated carbocycles. The summed E-state index contributed by atoms with van der Waals surface area (Å²) in [5.41, 5.74) is 1.33. The average Bonchev–Trinajstić information content (AvgIpc) is 2.92. The van der Waals surface area contributed by atoms with Gasteiger partial charge in [-0.25, -0.2) is 12.4 Å². The van der Waals surface area contributed by atoms with E-state index in [1.807, 2.05) is 12.2 Å². The molecule has 1 heterocycles. The molecule has 0 saturated heterocycles. The second kappa shape index (κ2) is 4.86. The number of aromatic nitrogens is 1. The highest BCUT2D eigenvalue weighted by atomic mass is 32.2. The second-order valence-electron chi connectivity index (χ2n) is 5.43. The van der Waals surface area contributed by atoms with Crippen LogP contribution in [-0.2, 0) is 16.6 Å². The lowest BCUT2D eigenvalue weighted by molar-refractivity contribution is 0.283. The molecule has 2 aromatic rings. The number of benzene rings is 1. The number of rotatable bonds is 3. The van der Waals surface area contributed by atoms with Crippen LogP contribution in [0.3, 0.4) is 0 Å². The number of aliphatic hydroxyl groups excluding tert-OH is 1. The summed E-state index contributed by atoms with van der Waals surface area (Å²) in [5.74, 6) is 0. The van der Waals surface area contributed by atoms with E-state index >= 15 is 0 Å². The summed E-state index contributed by atoms with van der Waals surface area (Å²) in [7, 11) is -3.57. The highest BCUT2D eigenvalue weighted by Crippen LogP contribution is 2.32. The monoisotopic (exact) mass is 303 g/mol. The first kappa shape index (κ1) is 14.1. The van der Waals surface area contributed by atoms with Crippen molar-refractivity contribution in [3.05, 3.63) is 60.3 Å². The van der Waals surface area contributed by atoms with E-state index in [1.54, 1.807) is 49.5 Å². The van der Waals surface area contributed by atoms with Crippen molar-refractivity contribution in [2.75, 3.05) is 0 Å². The molecule has 1 unspecified atom stereocenters. The summed E-state index contributed by atoms with van der Waals surface area (Å²) in [5, 5.41) is 10.1. The van der Waals surface area contributed by atoms with E-state index in [1.165, 1.54) is 3.97 Å². The van der Waals surface area contributed by atoms with Gasteiger partial charge < -0.3 is 5.11 Å². The Kier molecular flexibility index (Phi) is 3.26. The van der Waals surface area contributed by atoms with Gasteiger partial charge in [-0.15, -0.1) is 0 Å². The van der Waals surface area contributed by atoms with Gasteiger partial charge in [-0.05, 0) is 31.0 Å². The highest BCUT2D eigenvalue weighted by Gasteiger charge is 2.38. The fourth-order valence-electron chi connectivity index (χ4n) is 2.68. The van der Waals surface area contributed by atoms with E-state index < -0.39 is 14.8 Å². The molecule has 1 aromatic heterocycles. The molecule has 0 radical (unpaired) electrons. The molecule has 1 aliphatic rings. The minimum atomic E-state index is -3.57. The highest BCUT2D eigenvalue weighted by molar-refractivity contribution is 7.91. The molecule has 4 nitrogen and oxygen atoms in total. The summed E-state index contributed by atoms with van der Waals surface area (Å²) in [6, 6.07) is 7.06. The molecule has 1 N–H and O–H groups in total. The third kappa shape index (κ3) is 2.04. The van der Waals surface area contributed by atoms with Gasteiger partial charge in [0.25, 0.3) is 0 Å². The number of nitrogens with zero attached hydrogens (tertiary/aromatic N) is 1. The van der Waals surface area contributed by atoms with Gasteiger partial charge in [0.1, 0.15) is 4.75 Å². The van der Waals surface area contributed by atoms with Crippen molar-refractivity contribution < 1.29 is 13.5 Å². The van der Waals surface area contributed by atoms with Crippen LogP contribution in [0.2, 0.25) is 0 Å². The molecular formula is C16H17NO3S. The Morgan fingerprint density at radius 3 is 2.76 bits per heavy atom. The Labute approximate surface area is 124 Å². The lowest BCUT2D eigenvalue weighted by Gasteiger charge is -2.27. The SMILES string of the molecule is CC1(S(=O)(=O)n2ccc3c(CO)cccc32)C=CC=CC1. The smallest absolute Gasteiger partial charge is 0.248 e. The molecule has 21 heavy (non-hydrogen) atoms. The first-order chi connectivity index (χ1) is 9.99.